The number of likely N-dealkylation sites (N-methyl/N-ethyl adjacent to an activating group) is 1. The topological polar surface area (TPSA) is 105 Å². The second-order valence-electron chi connectivity index (χ2n) is 8.44. The molecule has 0 radical (unpaired) electrons. The Balaban J connectivity index is 1.85. The third kappa shape index (κ3) is 7.41. The van der Waals surface area contributed by atoms with Crippen molar-refractivity contribution in [3.8, 4) is 5.75 Å². The van der Waals surface area contributed by atoms with Gasteiger partial charge in [0.05, 0.1) is 12.0 Å². The van der Waals surface area contributed by atoms with Crippen molar-refractivity contribution >= 4 is 21.8 Å². The van der Waals surface area contributed by atoms with Crippen LogP contribution in [0.5, 0.6) is 5.75 Å². The Morgan fingerprint density at radius 1 is 0.919 bits per heavy atom. The van der Waals surface area contributed by atoms with Crippen LogP contribution < -0.4 is 14.8 Å². The highest BCUT2D eigenvalue weighted by molar-refractivity contribution is 7.89. The molecular formula is C28H33N3O5S. The van der Waals surface area contributed by atoms with E-state index in [0.717, 1.165) is 11.1 Å². The summed E-state index contributed by atoms with van der Waals surface area (Å²) in [5.74, 6) is 0.218. The second kappa shape index (κ2) is 13.0. The van der Waals surface area contributed by atoms with Gasteiger partial charge in [-0.3, -0.25) is 9.59 Å². The molecule has 0 saturated carbocycles. The zero-order valence-electron chi connectivity index (χ0n) is 21.3. The Kier molecular flexibility index (Phi) is 9.82. The van der Waals surface area contributed by atoms with Crippen LogP contribution in [0, 0.1) is 0 Å². The van der Waals surface area contributed by atoms with Crippen molar-refractivity contribution < 1.29 is 22.7 Å². The van der Waals surface area contributed by atoms with Crippen LogP contribution in [-0.2, 0) is 32.6 Å². The van der Waals surface area contributed by atoms with E-state index in [4.69, 9.17) is 4.74 Å². The molecule has 0 aromatic heterocycles. The number of carbonyl (C=O) groups excluding carboxylic acids is 2. The van der Waals surface area contributed by atoms with Crippen molar-refractivity contribution in [3.63, 3.8) is 0 Å². The third-order valence-electron chi connectivity index (χ3n) is 5.95. The second-order valence-corrected chi connectivity index (χ2v) is 10.2. The maximum atomic E-state index is 13.6. The van der Waals surface area contributed by atoms with Crippen LogP contribution in [0.3, 0.4) is 0 Å². The average molecular weight is 524 g/mol. The van der Waals surface area contributed by atoms with Gasteiger partial charge in [0.15, 0.2) is 0 Å². The molecule has 0 fully saturated rings. The SMILES string of the molecule is CCNS(=O)(=O)c1ccc(CCC(=O)N(Cc2ccc(OC)cc2)[C@H](C(=O)NC)c2ccccc2)cc1. The van der Waals surface area contributed by atoms with Crippen LogP contribution in [-0.4, -0.2) is 45.8 Å². The van der Waals surface area contributed by atoms with E-state index in [-0.39, 0.29) is 29.7 Å². The molecule has 0 bridgehead atoms. The van der Waals surface area contributed by atoms with Gasteiger partial charge in [0.25, 0.3) is 0 Å². The first kappa shape index (κ1) is 27.9. The highest BCUT2D eigenvalue weighted by Crippen LogP contribution is 2.26. The van der Waals surface area contributed by atoms with Crippen LogP contribution in [0.2, 0.25) is 0 Å². The largest absolute Gasteiger partial charge is 0.497 e. The van der Waals surface area contributed by atoms with Gasteiger partial charge < -0.3 is 15.0 Å². The number of sulfonamides is 1. The lowest BCUT2D eigenvalue weighted by molar-refractivity contribution is -0.141. The number of amides is 2. The maximum Gasteiger partial charge on any atom is 0.247 e. The summed E-state index contributed by atoms with van der Waals surface area (Å²) in [6, 6.07) is 22.2. The van der Waals surface area contributed by atoms with Gasteiger partial charge in [-0.1, -0.05) is 61.5 Å². The lowest BCUT2D eigenvalue weighted by Gasteiger charge is -2.31. The first-order valence-corrected chi connectivity index (χ1v) is 13.5. The lowest BCUT2D eigenvalue weighted by atomic mass is 10.0. The Morgan fingerprint density at radius 3 is 2.11 bits per heavy atom. The molecule has 3 aromatic rings. The Hall–Kier alpha value is -3.69. The van der Waals surface area contributed by atoms with Gasteiger partial charge in [-0.25, -0.2) is 13.1 Å². The molecule has 3 rings (SSSR count). The summed E-state index contributed by atoms with van der Waals surface area (Å²) in [5, 5.41) is 2.69. The van der Waals surface area contributed by atoms with Gasteiger partial charge in [0.1, 0.15) is 11.8 Å². The number of carbonyl (C=O) groups is 2. The third-order valence-corrected chi connectivity index (χ3v) is 7.51. The predicted molar refractivity (Wildman–Crippen MR) is 142 cm³/mol. The van der Waals surface area contributed by atoms with Crippen LogP contribution in [0.15, 0.2) is 83.8 Å². The van der Waals surface area contributed by atoms with Crippen LogP contribution in [0.4, 0.5) is 0 Å². The van der Waals surface area contributed by atoms with E-state index in [9.17, 15) is 18.0 Å². The Morgan fingerprint density at radius 2 is 1.54 bits per heavy atom. The van der Waals surface area contributed by atoms with Crippen molar-refractivity contribution in [2.75, 3.05) is 20.7 Å². The standard InChI is InChI=1S/C28H33N3O5S/c1-4-30-37(34,35)25-17-12-21(13-18-25)14-19-26(32)31(20-22-10-15-24(36-3)16-11-22)27(28(33)29-2)23-8-6-5-7-9-23/h5-13,15-18,27,30H,4,14,19-20H2,1-3H3,(H,29,33)/t27-/m0/s1. The molecule has 0 aliphatic heterocycles. The van der Waals surface area contributed by atoms with E-state index >= 15 is 0 Å². The number of benzene rings is 3. The van der Waals surface area contributed by atoms with E-state index in [2.05, 4.69) is 10.0 Å². The van der Waals surface area contributed by atoms with Gasteiger partial charge in [0.2, 0.25) is 21.8 Å². The van der Waals surface area contributed by atoms with Gasteiger partial charge >= 0.3 is 0 Å². The van der Waals surface area contributed by atoms with Crippen LogP contribution in [0.1, 0.15) is 36.1 Å². The molecule has 3 aromatic carbocycles. The molecule has 9 heteroatoms. The minimum Gasteiger partial charge on any atom is -0.497 e. The summed E-state index contributed by atoms with van der Waals surface area (Å²) in [7, 11) is -0.404. The fourth-order valence-electron chi connectivity index (χ4n) is 4.00. The molecule has 8 nitrogen and oxygen atoms in total. The molecule has 37 heavy (non-hydrogen) atoms. The van der Waals surface area contributed by atoms with Crippen LogP contribution >= 0.6 is 0 Å². The minimum atomic E-state index is -3.54. The molecule has 0 aliphatic carbocycles. The smallest absolute Gasteiger partial charge is 0.247 e. The number of nitrogens with one attached hydrogen (secondary N) is 2. The van der Waals surface area contributed by atoms with E-state index in [1.165, 1.54) is 12.1 Å². The molecule has 2 N–H and O–H groups in total. The van der Waals surface area contributed by atoms with Crippen molar-refractivity contribution in [1.82, 2.24) is 14.9 Å². The molecular weight excluding hydrogens is 490 g/mol. The summed E-state index contributed by atoms with van der Waals surface area (Å²) in [6.45, 7) is 2.25. The summed E-state index contributed by atoms with van der Waals surface area (Å²) in [6.07, 6.45) is 0.546. The van der Waals surface area contributed by atoms with E-state index < -0.39 is 16.1 Å². The number of aryl methyl sites for hydroxylation is 1. The molecule has 0 aliphatic rings. The van der Waals surface area contributed by atoms with Crippen molar-refractivity contribution in [3.05, 3.63) is 95.6 Å². The quantitative estimate of drug-likeness (QED) is 0.378. The van der Waals surface area contributed by atoms with Crippen molar-refractivity contribution in [2.24, 2.45) is 0 Å². The molecule has 0 heterocycles. The number of nitrogens with zero attached hydrogens (tertiary/aromatic N) is 1. The molecule has 196 valence electrons. The summed E-state index contributed by atoms with van der Waals surface area (Å²) in [4.78, 5) is 28.4. The van der Waals surface area contributed by atoms with Gasteiger partial charge in [-0.2, -0.15) is 0 Å². The maximum absolute atomic E-state index is 13.6. The van der Waals surface area contributed by atoms with E-state index in [1.807, 2.05) is 54.6 Å². The summed E-state index contributed by atoms with van der Waals surface area (Å²) < 4.78 is 32.1. The number of rotatable bonds is 12. The first-order valence-electron chi connectivity index (χ1n) is 12.1. The molecule has 0 saturated heterocycles. The molecule has 1 atom stereocenters. The minimum absolute atomic E-state index is 0.149. The van der Waals surface area contributed by atoms with Crippen molar-refractivity contribution in [1.29, 1.82) is 0 Å². The number of ether oxygens (including phenoxy) is 1. The van der Waals surface area contributed by atoms with E-state index in [1.54, 1.807) is 38.1 Å². The van der Waals surface area contributed by atoms with Crippen molar-refractivity contribution in [2.45, 2.75) is 37.2 Å². The highest BCUT2D eigenvalue weighted by Gasteiger charge is 2.30. The molecule has 0 unspecified atom stereocenters. The zero-order chi connectivity index (χ0) is 26.8. The Labute approximate surface area is 218 Å². The van der Waals surface area contributed by atoms with Gasteiger partial charge in [0, 0.05) is 26.6 Å². The van der Waals surface area contributed by atoms with E-state index in [0.29, 0.717) is 24.3 Å². The monoisotopic (exact) mass is 523 g/mol. The highest BCUT2D eigenvalue weighted by atomic mass is 32.2. The fraction of sp³-hybridized carbons (Fsp3) is 0.286. The van der Waals surface area contributed by atoms with Gasteiger partial charge in [-0.05, 0) is 47.4 Å². The zero-order valence-corrected chi connectivity index (χ0v) is 22.1. The first-order chi connectivity index (χ1) is 17.8. The predicted octanol–water partition coefficient (Wildman–Crippen LogP) is 3.44. The fourth-order valence-corrected chi connectivity index (χ4v) is 5.04. The summed E-state index contributed by atoms with van der Waals surface area (Å²) in [5.41, 5.74) is 2.39. The number of methoxy groups -OCH3 is 1. The normalized spacial score (nSPS) is 12.0. The number of hydrogen-bond acceptors (Lipinski definition) is 5. The van der Waals surface area contributed by atoms with Gasteiger partial charge in [-0.15, -0.1) is 0 Å². The molecule has 0 spiro atoms. The average Bonchev–Trinajstić information content (AvgIpc) is 2.92. The molecule has 2 amide bonds. The number of hydrogen-bond donors (Lipinski definition) is 2. The Bertz CT molecular complexity index is 1280. The van der Waals surface area contributed by atoms with Crippen LogP contribution in [0.25, 0.3) is 0 Å². The summed E-state index contributed by atoms with van der Waals surface area (Å²) >= 11 is 0. The lowest BCUT2D eigenvalue weighted by Crippen LogP contribution is -2.42.